The SMILES string of the molecule is O=C1C2NCCCC2N(Cc2cccc(F)c2)C(=O)N1Cc1cccs1. The Labute approximate surface area is 155 Å². The number of thiophene rings is 1. The Morgan fingerprint density at radius 2 is 2.08 bits per heavy atom. The molecule has 3 amide bonds. The van der Waals surface area contributed by atoms with Crippen LogP contribution in [0.15, 0.2) is 41.8 Å². The van der Waals surface area contributed by atoms with E-state index in [2.05, 4.69) is 5.32 Å². The van der Waals surface area contributed by atoms with Crippen molar-refractivity contribution in [1.29, 1.82) is 0 Å². The first-order chi connectivity index (χ1) is 12.6. The van der Waals surface area contributed by atoms with E-state index in [1.807, 2.05) is 23.6 Å². The average molecular weight is 373 g/mol. The zero-order chi connectivity index (χ0) is 18.1. The van der Waals surface area contributed by atoms with E-state index in [4.69, 9.17) is 0 Å². The minimum absolute atomic E-state index is 0.163. The third kappa shape index (κ3) is 3.24. The monoisotopic (exact) mass is 373 g/mol. The fraction of sp³-hybridized carbons (Fsp3) is 0.368. The number of urea groups is 1. The fourth-order valence-electron chi connectivity index (χ4n) is 3.74. The topological polar surface area (TPSA) is 52.7 Å². The lowest BCUT2D eigenvalue weighted by atomic mass is 9.93. The standard InChI is InChI=1S/C19H20FN3O2S/c20-14-5-1-4-13(10-14)11-22-16-7-2-8-21-17(16)18(24)23(19(22)25)12-15-6-3-9-26-15/h1,3-6,9-10,16-17,21H,2,7-8,11-12H2. The highest BCUT2D eigenvalue weighted by molar-refractivity contribution is 7.09. The number of imide groups is 1. The van der Waals surface area contributed by atoms with Gasteiger partial charge in [-0.15, -0.1) is 11.3 Å². The van der Waals surface area contributed by atoms with E-state index in [9.17, 15) is 14.0 Å². The molecule has 0 aliphatic carbocycles. The quantitative estimate of drug-likeness (QED) is 0.897. The summed E-state index contributed by atoms with van der Waals surface area (Å²) in [6.45, 7) is 1.34. The van der Waals surface area contributed by atoms with Gasteiger partial charge >= 0.3 is 6.03 Å². The molecule has 0 spiro atoms. The minimum Gasteiger partial charge on any atom is -0.315 e. The summed E-state index contributed by atoms with van der Waals surface area (Å²) in [6, 6.07) is 9.23. The van der Waals surface area contributed by atoms with Gasteiger partial charge < -0.3 is 10.2 Å². The summed E-state index contributed by atoms with van der Waals surface area (Å²) < 4.78 is 13.6. The summed E-state index contributed by atoms with van der Waals surface area (Å²) in [5.74, 6) is -0.486. The molecule has 5 nitrogen and oxygen atoms in total. The van der Waals surface area contributed by atoms with Gasteiger partial charge in [0.2, 0.25) is 5.91 Å². The van der Waals surface area contributed by atoms with E-state index in [-0.39, 0.29) is 30.3 Å². The van der Waals surface area contributed by atoms with Crippen molar-refractivity contribution >= 4 is 23.3 Å². The van der Waals surface area contributed by atoms with Crippen LogP contribution in [0.2, 0.25) is 0 Å². The predicted octanol–water partition coefficient (Wildman–Crippen LogP) is 2.97. The lowest BCUT2D eigenvalue weighted by Crippen LogP contribution is -2.68. The maximum absolute atomic E-state index is 13.6. The molecule has 2 fully saturated rings. The Kier molecular flexibility index (Phi) is 4.74. The second kappa shape index (κ2) is 7.17. The molecule has 0 bridgehead atoms. The Balaban J connectivity index is 1.63. The summed E-state index contributed by atoms with van der Waals surface area (Å²) in [6.07, 6.45) is 1.68. The Morgan fingerprint density at radius 1 is 1.19 bits per heavy atom. The van der Waals surface area contributed by atoms with Gasteiger partial charge in [-0.05, 0) is 48.5 Å². The van der Waals surface area contributed by atoms with Crippen molar-refractivity contribution < 1.29 is 14.0 Å². The third-order valence-electron chi connectivity index (χ3n) is 4.97. The van der Waals surface area contributed by atoms with Crippen LogP contribution >= 0.6 is 11.3 Å². The molecule has 2 aliphatic rings. The molecule has 0 radical (unpaired) electrons. The van der Waals surface area contributed by atoms with Gasteiger partial charge in [-0.25, -0.2) is 9.18 Å². The van der Waals surface area contributed by atoms with Crippen LogP contribution in [0.25, 0.3) is 0 Å². The van der Waals surface area contributed by atoms with Crippen LogP contribution in [0.3, 0.4) is 0 Å². The van der Waals surface area contributed by atoms with Crippen LogP contribution in [-0.4, -0.2) is 40.4 Å². The third-order valence-corrected chi connectivity index (χ3v) is 5.83. The Hall–Kier alpha value is -2.25. The highest BCUT2D eigenvalue weighted by Gasteiger charge is 2.47. The molecule has 136 valence electrons. The van der Waals surface area contributed by atoms with Crippen molar-refractivity contribution in [3.63, 3.8) is 0 Å². The largest absolute Gasteiger partial charge is 0.327 e. The summed E-state index contributed by atoms with van der Waals surface area (Å²) >= 11 is 1.52. The maximum Gasteiger partial charge on any atom is 0.327 e. The summed E-state index contributed by atoms with van der Waals surface area (Å²) in [7, 11) is 0. The molecular weight excluding hydrogens is 353 g/mol. The number of rotatable bonds is 4. The van der Waals surface area contributed by atoms with Crippen LogP contribution in [0.1, 0.15) is 23.3 Å². The summed E-state index contributed by atoms with van der Waals surface area (Å²) in [5.41, 5.74) is 0.730. The number of halogens is 1. The van der Waals surface area contributed by atoms with Gasteiger partial charge in [0.1, 0.15) is 11.9 Å². The molecule has 2 atom stereocenters. The first kappa shape index (κ1) is 17.2. The Morgan fingerprint density at radius 3 is 2.85 bits per heavy atom. The highest BCUT2D eigenvalue weighted by Crippen LogP contribution is 2.28. The van der Waals surface area contributed by atoms with E-state index in [0.29, 0.717) is 6.54 Å². The van der Waals surface area contributed by atoms with E-state index in [1.165, 1.54) is 28.4 Å². The van der Waals surface area contributed by atoms with Crippen LogP contribution in [0, 0.1) is 5.82 Å². The van der Waals surface area contributed by atoms with Crippen molar-refractivity contribution in [3.8, 4) is 0 Å². The molecule has 0 saturated carbocycles. The minimum atomic E-state index is -0.394. The van der Waals surface area contributed by atoms with Crippen LogP contribution < -0.4 is 5.32 Å². The predicted molar refractivity (Wildman–Crippen MR) is 97.0 cm³/mol. The Bertz CT molecular complexity index is 811. The second-order valence-electron chi connectivity index (χ2n) is 6.69. The van der Waals surface area contributed by atoms with Gasteiger partial charge in [0, 0.05) is 11.4 Å². The molecule has 2 saturated heterocycles. The van der Waals surface area contributed by atoms with Crippen molar-refractivity contribution in [2.45, 2.75) is 38.0 Å². The molecule has 2 aliphatic heterocycles. The van der Waals surface area contributed by atoms with Crippen molar-refractivity contribution in [2.75, 3.05) is 6.54 Å². The van der Waals surface area contributed by atoms with Crippen LogP contribution in [-0.2, 0) is 17.9 Å². The lowest BCUT2D eigenvalue weighted by Gasteiger charge is -2.47. The molecule has 2 aromatic rings. The highest BCUT2D eigenvalue weighted by atomic mass is 32.1. The zero-order valence-corrected chi connectivity index (χ0v) is 15.0. The van der Waals surface area contributed by atoms with Crippen molar-refractivity contribution in [1.82, 2.24) is 15.1 Å². The smallest absolute Gasteiger partial charge is 0.315 e. The maximum atomic E-state index is 13.6. The number of amides is 3. The van der Waals surface area contributed by atoms with E-state index >= 15 is 0 Å². The van der Waals surface area contributed by atoms with Crippen LogP contribution in [0.4, 0.5) is 9.18 Å². The first-order valence-corrected chi connectivity index (χ1v) is 9.63. The van der Waals surface area contributed by atoms with Crippen molar-refractivity contribution in [3.05, 3.63) is 58.0 Å². The van der Waals surface area contributed by atoms with Gasteiger partial charge in [0.15, 0.2) is 0 Å². The molecule has 7 heteroatoms. The average Bonchev–Trinajstić information content (AvgIpc) is 3.16. The zero-order valence-electron chi connectivity index (χ0n) is 14.2. The number of carbonyl (C=O) groups is 2. The van der Waals surface area contributed by atoms with E-state index < -0.39 is 6.04 Å². The fourth-order valence-corrected chi connectivity index (χ4v) is 4.43. The van der Waals surface area contributed by atoms with Crippen LogP contribution in [0.5, 0.6) is 0 Å². The number of hydrogen-bond acceptors (Lipinski definition) is 4. The normalized spacial score (nSPS) is 23.3. The van der Waals surface area contributed by atoms with Gasteiger partial charge in [-0.1, -0.05) is 18.2 Å². The van der Waals surface area contributed by atoms with E-state index in [0.717, 1.165) is 29.8 Å². The number of nitrogens with zero attached hydrogens (tertiary/aromatic N) is 2. The number of benzene rings is 1. The molecule has 1 N–H and O–H groups in total. The molecule has 4 rings (SSSR count). The molecule has 3 heterocycles. The molecule has 1 aromatic carbocycles. The number of fused-ring (bicyclic) bond motifs is 1. The molecule has 26 heavy (non-hydrogen) atoms. The number of hydrogen-bond donors (Lipinski definition) is 1. The molecule has 2 unspecified atom stereocenters. The van der Waals surface area contributed by atoms with E-state index in [1.54, 1.807) is 11.0 Å². The molecule has 1 aromatic heterocycles. The summed E-state index contributed by atoms with van der Waals surface area (Å²) in [5, 5.41) is 5.20. The second-order valence-corrected chi connectivity index (χ2v) is 7.72. The van der Waals surface area contributed by atoms with Gasteiger partial charge in [0.25, 0.3) is 0 Å². The van der Waals surface area contributed by atoms with Gasteiger partial charge in [0.05, 0.1) is 12.6 Å². The molecular formula is C19H20FN3O2S. The first-order valence-electron chi connectivity index (χ1n) is 8.75. The number of carbonyl (C=O) groups excluding carboxylic acids is 2. The van der Waals surface area contributed by atoms with Crippen molar-refractivity contribution in [2.24, 2.45) is 0 Å². The number of nitrogens with one attached hydrogen (secondary N) is 1. The number of piperidine rings is 1. The van der Waals surface area contributed by atoms with Gasteiger partial charge in [-0.3, -0.25) is 9.69 Å². The lowest BCUT2D eigenvalue weighted by molar-refractivity contribution is -0.137. The summed E-state index contributed by atoms with van der Waals surface area (Å²) in [4.78, 5) is 30.0. The van der Waals surface area contributed by atoms with Gasteiger partial charge in [-0.2, -0.15) is 0 Å².